The standard InChI is InChI=1S/C43H64N6O8/c1-26(52)56-39-18-33(53)6-10-42(23-46-41(44)47-25-48-19-29-13-30(20-48)37(22-51)49-24-43(42,55)11-7-36(29)49)9-5-27-3-2-4-32-17-34(8-12-45-32)57-40-16-28(14-35(27)39)31(21-50)15-38(40)54/h15-16,27,29-30,32-37,39,45,50-51,53-55H,2-4,6-8,10-14,17-25H2,1H3,(H3,44,46,47)/t27-,29-,30-,32-,33+,34-,35+,36+,37+,39-,42+,43+/m1/s1. The zero-order valence-electron chi connectivity index (χ0n) is 33.5. The number of esters is 1. The van der Waals surface area contributed by atoms with Crippen molar-refractivity contribution < 1.29 is 39.8 Å². The molecule has 8 aliphatic rings. The van der Waals surface area contributed by atoms with Crippen molar-refractivity contribution in [3.8, 4) is 23.3 Å². The van der Waals surface area contributed by atoms with Gasteiger partial charge < -0.3 is 51.4 Å². The van der Waals surface area contributed by atoms with E-state index >= 15 is 0 Å². The Labute approximate surface area is 336 Å². The molecule has 2 unspecified atom stereocenters. The van der Waals surface area contributed by atoms with Crippen LogP contribution in [0, 0.1) is 40.9 Å². The molecule has 9 rings (SSSR count). The fourth-order valence-electron chi connectivity index (χ4n) is 11.8. The molecule has 0 aromatic heterocycles. The zero-order chi connectivity index (χ0) is 39.9. The van der Waals surface area contributed by atoms with Crippen molar-refractivity contribution in [2.24, 2.45) is 39.8 Å². The lowest BCUT2D eigenvalue weighted by Gasteiger charge is -2.60. The van der Waals surface area contributed by atoms with Crippen molar-refractivity contribution in [3.63, 3.8) is 0 Å². The summed E-state index contributed by atoms with van der Waals surface area (Å²) >= 11 is 0. The maximum Gasteiger partial charge on any atom is 0.302 e. The van der Waals surface area contributed by atoms with E-state index in [1.54, 1.807) is 6.07 Å². The predicted molar refractivity (Wildman–Crippen MR) is 213 cm³/mol. The first-order valence-corrected chi connectivity index (χ1v) is 21.5. The molecule has 7 heterocycles. The van der Waals surface area contributed by atoms with E-state index in [4.69, 9.17) is 20.2 Å². The van der Waals surface area contributed by atoms with Gasteiger partial charge in [-0.1, -0.05) is 18.3 Å². The first-order chi connectivity index (χ1) is 27.5. The molecular weight excluding hydrogens is 729 g/mol. The van der Waals surface area contributed by atoms with Gasteiger partial charge in [-0.05, 0) is 106 Å². The van der Waals surface area contributed by atoms with E-state index in [-0.39, 0.29) is 74.0 Å². The molecule has 14 nitrogen and oxygen atoms in total. The van der Waals surface area contributed by atoms with E-state index < -0.39 is 35.1 Å². The SMILES string of the molecule is CC(=O)O[C@@H]1C[C@@H](O)CC[C@@]2(C#C[C@H]3CCC[C@@H]4C[C@@H](CCN4)Oc4cc(c(CO)cc4O)C[C@@H]31)CNC(N)=NCN1C[C@H]3C[C@H](C1)[C@@H]1CC[C@]2(O)CN1[C@H]3CO. The normalized spacial score (nSPS) is 42.0. The van der Waals surface area contributed by atoms with Gasteiger partial charge >= 0.3 is 5.97 Å². The van der Waals surface area contributed by atoms with Crippen LogP contribution < -0.4 is 21.1 Å². The Balaban J connectivity index is 1.25. The van der Waals surface area contributed by atoms with Gasteiger partial charge in [-0.15, -0.1) is 0 Å². The summed E-state index contributed by atoms with van der Waals surface area (Å²) in [5, 5.41) is 64.7. The topological polar surface area (TPSA) is 206 Å². The van der Waals surface area contributed by atoms with Crippen molar-refractivity contribution in [2.75, 3.05) is 46.0 Å². The van der Waals surface area contributed by atoms with Crippen molar-refractivity contribution in [3.05, 3.63) is 23.3 Å². The number of hydrogen-bond acceptors (Lipinski definition) is 14. The van der Waals surface area contributed by atoms with E-state index in [2.05, 4.69) is 32.3 Å². The Bertz CT molecular complexity index is 1710. The van der Waals surface area contributed by atoms with Crippen LogP contribution in [0.15, 0.2) is 17.1 Å². The van der Waals surface area contributed by atoms with E-state index in [0.717, 1.165) is 63.7 Å². The molecule has 0 saturated carbocycles. The van der Waals surface area contributed by atoms with Crippen LogP contribution in [-0.4, -0.2) is 135 Å². The van der Waals surface area contributed by atoms with Crippen molar-refractivity contribution >= 4 is 11.9 Å². The Kier molecular flexibility index (Phi) is 12.0. The average Bonchev–Trinajstić information content (AvgIpc) is 3.19. The summed E-state index contributed by atoms with van der Waals surface area (Å²) in [7, 11) is 0. The maximum absolute atomic E-state index is 13.3. The number of piperidine rings is 4. The molecule has 1 spiro atoms. The maximum atomic E-state index is 13.3. The summed E-state index contributed by atoms with van der Waals surface area (Å²) in [6, 6.07) is 3.72. The van der Waals surface area contributed by atoms with Gasteiger partial charge in [-0.3, -0.25) is 14.6 Å². The number of carbonyl (C=O) groups is 1. The lowest BCUT2D eigenvalue weighted by molar-refractivity contribution is -0.171. The molecule has 57 heavy (non-hydrogen) atoms. The highest BCUT2D eigenvalue weighted by atomic mass is 16.5. The number of fused-ring (bicyclic) bond motifs is 9. The molecule has 1 aliphatic carbocycles. The van der Waals surface area contributed by atoms with Crippen LogP contribution in [0.2, 0.25) is 0 Å². The molecule has 0 radical (unpaired) electrons. The molecule has 1 aromatic carbocycles. The monoisotopic (exact) mass is 792 g/mol. The number of aromatic hydroxyl groups is 1. The van der Waals surface area contributed by atoms with Gasteiger partial charge in [0, 0.05) is 69.5 Å². The molecule has 10 bridgehead atoms. The first kappa shape index (κ1) is 40.6. The Hall–Kier alpha value is -3.16. The van der Waals surface area contributed by atoms with Gasteiger partial charge in [-0.25, -0.2) is 4.99 Å². The Morgan fingerprint density at radius 2 is 1.95 bits per heavy atom. The van der Waals surface area contributed by atoms with Gasteiger partial charge in [0.1, 0.15) is 12.2 Å². The van der Waals surface area contributed by atoms with Crippen LogP contribution in [0.3, 0.4) is 0 Å². The van der Waals surface area contributed by atoms with Gasteiger partial charge in [0.25, 0.3) is 0 Å². The number of hydrogen-bond donors (Lipinski definition) is 8. The largest absolute Gasteiger partial charge is 0.504 e. The summed E-state index contributed by atoms with van der Waals surface area (Å²) in [5.74, 6) is 7.58. The molecule has 4 saturated heterocycles. The van der Waals surface area contributed by atoms with Crippen LogP contribution in [0.5, 0.6) is 11.5 Å². The Morgan fingerprint density at radius 1 is 1.11 bits per heavy atom. The second-order valence-electron chi connectivity index (χ2n) is 18.4. The molecule has 7 aliphatic heterocycles. The summed E-state index contributed by atoms with van der Waals surface area (Å²) in [5.41, 5.74) is 5.52. The minimum absolute atomic E-state index is 0.0105. The number of guanidine groups is 1. The number of aliphatic hydroxyl groups is 4. The minimum Gasteiger partial charge on any atom is -0.504 e. The van der Waals surface area contributed by atoms with Crippen molar-refractivity contribution in [1.82, 2.24) is 20.4 Å². The molecule has 9 N–H and O–H groups in total. The first-order valence-electron chi connectivity index (χ1n) is 21.5. The summed E-state index contributed by atoms with van der Waals surface area (Å²) < 4.78 is 12.5. The van der Waals surface area contributed by atoms with Crippen molar-refractivity contribution in [1.29, 1.82) is 0 Å². The third-order valence-corrected chi connectivity index (χ3v) is 14.9. The summed E-state index contributed by atoms with van der Waals surface area (Å²) in [4.78, 5) is 22.3. The molecule has 0 amide bonds. The molecule has 4 fully saturated rings. The number of aliphatic imine (C=N–C) groups is 1. The number of carbonyl (C=O) groups excluding carboxylic acids is 1. The number of rotatable bonds is 3. The van der Waals surface area contributed by atoms with E-state index in [9.17, 15) is 30.3 Å². The fourth-order valence-corrected chi connectivity index (χ4v) is 11.8. The summed E-state index contributed by atoms with van der Waals surface area (Å²) in [6.07, 6.45) is 5.86. The van der Waals surface area contributed by atoms with E-state index in [1.165, 1.54) is 6.92 Å². The lowest BCUT2D eigenvalue weighted by Crippen LogP contribution is -2.71. The van der Waals surface area contributed by atoms with Gasteiger partial charge in [0.15, 0.2) is 17.5 Å². The number of ether oxygens (including phenoxy) is 2. The number of nitrogens with one attached hydrogen (secondary N) is 2. The number of phenolic OH excluding ortho intramolecular Hbond substituents is 1. The van der Waals surface area contributed by atoms with Crippen molar-refractivity contribution in [2.45, 2.75) is 133 Å². The smallest absolute Gasteiger partial charge is 0.302 e. The van der Waals surface area contributed by atoms with Crippen LogP contribution in [-0.2, 0) is 22.6 Å². The third-order valence-electron chi connectivity index (χ3n) is 14.9. The molecule has 314 valence electrons. The van der Waals surface area contributed by atoms with Gasteiger partial charge in [0.05, 0.1) is 37.0 Å². The number of aliphatic hydroxyl groups excluding tert-OH is 3. The highest BCUT2D eigenvalue weighted by Crippen LogP contribution is 2.50. The highest BCUT2D eigenvalue weighted by Gasteiger charge is 2.58. The average molecular weight is 793 g/mol. The second kappa shape index (κ2) is 16.8. The third kappa shape index (κ3) is 8.36. The van der Waals surface area contributed by atoms with Gasteiger partial charge in [-0.2, -0.15) is 0 Å². The van der Waals surface area contributed by atoms with Crippen LogP contribution in [0.4, 0.5) is 0 Å². The number of benzene rings is 1. The van der Waals surface area contributed by atoms with Crippen LogP contribution in [0.1, 0.15) is 88.7 Å². The number of nitrogens with zero attached hydrogens (tertiary/aromatic N) is 3. The van der Waals surface area contributed by atoms with Gasteiger partial charge in [0.2, 0.25) is 0 Å². The lowest BCUT2D eigenvalue weighted by atomic mass is 9.61. The molecule has 14 heteroatoms. The molecule has 1 aromatic rings. The highest BCUT2D eigenvalue weighted by molar-refractivity contribution is 5.78. The number of phenols is 1. The van der Waals surface area contributed by atoms with E-state index in [1.807, 2.05) is 6.07 Å². The van der Waals surface area contributed by atoms with Crippen LogP contribution >= 0.6 is 0 Å². The quantitative estimate of drug-likeness (QED) is 0.160. The van der Waals surface area contributed by atoms with Crippen LogP contribution in [0.25, 0.3) is 0 Å². The fraction of sp³-hybridized carbons (Fsp3) is 0.767. The second-order valence-corrected chi connectivity index (χ2v) is 18.4. The molecule has 14 atom stereocenters. The Morgan fingerprint density at radius 3 is 2.75 bits per heavy atom. The predicted octanol–water partition coefficient (Wildman–Crippen LogP) is 1.19. The summed E-state index contributed by atoms with van der Waals surface area (Å²) in [6.45, 7) is 4.64. The molecular formula is C43H64N6O8. The van der Waals surface area contributed by atoms with E-state index in [0.29, 0.717) is 62.5 Å². The minimum atomic E-state index is -1.31. The zero-order valence-corrected chi connectivity index (χ0v) is 33.5. The number of nitrogens with two attached hydrogens (primary N) is 1.